The lowest BCUT2D eigenvalue weighted by molar-refractivity contribution is 0.261. The molecular weight excluding hydrogens is 150 g/mol. The van der Waals surface area contributed by atoms with Crippen LogP contribution in [0.2, 0.25) is 0 Å². The molecule has 0 bridgehead atoms. The van der Waals surface area contributed by atoms with Gasteiger partial charge in [-0.25, -0.2) is 9.97 Å². The van der Waals surface area contributed by atoms with Crippen molar-refractivity contribution >= 4 is 0 Å². The second-order valence-corrected chi connectivity index (χ2v) is 3.26. The van der Waals surface area contributed by atoms with Crippen molar-refractivity contribution in [2.24, 2.45) is 0 Å². The lowest BCUT2D eigenvalue weighted by atomic mass is 10.1. The second-order valence-electron chi connectivity index (χ2n) is 3.26. The summed E-state index contributed by atoms with van der Waals surface area (Å²) in [4.78, 5) is 10.6. The number of hydrogen-bond acceptors (Lipinski definition) is 3. The first-order valence-electron chi connectivity index (χ1n) is 4.32. The zero-order valence-electron chi connectivity index (χ0n) is 7.49. The van der Waals surface area contributed by atoms with Crippen molar-refractivity contribution in [1.29, 1.82) is 0 Å². The molecule has 3 nitrogen and oxygen atoms in total. The largest absolute Gasteiger partial charge is 0.293 e. The average Bonchev–Trinajstić information content (AvgIpc) is 2.40. The minimum absolute atomic E-state index is 0.529. The summed E-state index contributed by atoms with van der Waals surface area (Å²) in [5, 5.41) is 0. The molecule has 1 aliphatic rings. The highest BCUT2D eigenvalue weighted by Gasteiger charge is 2.26. The van der Waals surface area contributed by atoms with Crippen LogP contribution in [0.4, 0.5) is 0 Å². The molecule has 1 atom stereocenters. The van der Waals surface area contributed by atoms with E-state index in [2.05, 4.69) is 28.8 Å². The van der Waals surface area contributed by atoms with E-state index in [1.165, 1.54) is 11.3 Å². The summed E-state index contributed by atoms with van der Waals surface area (Å²) >= 11 is 0. The fourth-order valence-electron chi connectivity index (χ4n) is 1.89. The minimum Gasteiger partial charge on any atom is -0.293 e. The van der Waals surface area contributed by atoms with E-state index in [0.29, 0.717) is 6.04 Å². The number of aromatic nitrogens is 2. The Morgan fingerprint density at radius 3 is 3.25 bits per heavy atom. The van der Waals surface area contributed by atoms with Crippen LogP contribution < -0.4 is 0 Å². The van der Waals surface area contributed by atoms with Crippen molar-refractivity contribution in [2.75, 3.05) is 7.05 Å². The Balaban J connectivity index is 2.40. The van der Waals surface area contributed by atoms with Gasteiger partial charge in [0.2, 0.25) is 0 Å². The number of fused-ring (bicyclic) bond motifs is 1. The molecule has 0 radical (unpaired) electrons. The van der Waals surface area contributed by atoms with Gasteiger partial charge in [-0.3, -0.25) is 4.90 Å². The van der Waals surface area contributed by atoms with Gasteiger partial charge in [0.1, 0.15) is 6.33 Å². The third-order valence-electron chi connectivity index (χ3n) is 2.50. The van der Waals surface area contributed by atoms with Gasteiger partial charge in [0, 0.05) is 24.3 Å². The fraction of sp³-hybridized carbons (Fsp3) is 0.556. The number of rotatable bonds is 1. The van der Waals surface area contributed by atoms with E-state index in [1.807, 2.05) is 6.20 Å². The SMILES string of the molecule is CC[C@@H]1c2cncnc2CN1C. The molecule has 0 spiro atoms. The molecule has 0 unspecified atom stereocenters. The summed E-state index contributed by atoms with van der Waals surface area (Å²) in [6.45, 7) is 3.17. The molecule has 2 heterocycles. The van der Waals surface area contributed by atoms with Gasteiger partial charge in [-0.1, -0.05) is 6.92 Å². The normalized spacial score (nSPS) is 22.7. The van der Waals surface area contributed by atoms with Gasteiger partial charge in [-0.15, -0.1) is 0 Å². The van der Waals surface area contributed by atoms with E-state index in [9.17, 15) is 0 Å². The molecule has 2 rings (SSSR count). The van der Waals surface area contributed by atoms with Crippen LogP contribution in [0.1, 0.15) is 30.6 Å². The van der Waals surface area contributed by atoms with Gasteiger partial charge in [0.25, 0.3) is 0 Å². The van der Waals surface area contributed by atoms with E-state index in [0.717, 1.165) is 13.0 Å². The van der Waals surface area contributed by atoms with Crippen molar-refractivity contribution in [3.05, 3.63) is 23.8 Å². The zero-order valence-corrected chi connectivity index (χ0v) is 7.49. The van der Waals surface area contributed by atoms with Crippen molar-refractivity contribution in [2.45, 2.75) is 25.9 Å². The van der Waals surface area contributed by atoms with Crippen LogP contribution in [-0.4, -0.2) is 21.9 Å². The quantitative estimate of drug-likeness (QED) is 0.626. The van der Waals surface area contributed by atoms with Crippen LogP contribution >= 0.6 is 0 Å². The molecule has 1 aromatic heterocycles. The molecule has 0 saturated heterocycles. The Bertz CT molecular complexity index is 285. The van der Waals surface area contributed by atoms with Crippen LogP contribution in [0.5, 0.6) is 0 Å². The fourth-order valence-corrected chi connectivity index (χ4v) is 1.89. The first kappa shape index (κ1) is 7.68. The molecule has 1 aromatic rings. The highest BCUT2D eigenvalue weighted by Crippen LogP contribution is 2.31. The number of hydrogen-bond donors (Lipinski definition) is 0. The summed E-state index contributed by atoms with van der Waals surface area (Å²) in [6, 6.07) is 0.529. The van der Waals surface area contributed by atoms with E-state index in [1.54, 1.807) is 6.33 Å². The van der Waals surface area contributed by atoms with Crippen LogP contribution in [0, 0.1) is 0 Å². The second kappa shape index (κ2) is 2.83. The summed E-state index contributed by atoms with van der Waals surface area (Å²) in [7, 11) is 2.13. The topological polar surface area (TPSA) is 29.0 Å². The van der Waals surface area contributed by atoms with Crippen molar-refractivity contribution in [3.8, 4) is 0 Å². The van der Waals surface area contributed by atoms with Crippen molar-refractivity contribution in [1.82, 2.24) is 14.9 Å². The molecular formula is C9H13N3. The third kappa shape index (κ3) is 1.01. The van der Waals surface area contributed by atoms with Gasteiger partial charge >= 0.3 is 0 Å². The first-order chi connectivity index (χ1) is 5.83. The van der Waals surface area contributed by atoms with Crippen molar-refractivity contribution < 1.29 is 0 Å². The average molecular weight is 163 g/mol. The van der Waals surface area contributed by atoms with E-state index < -0.39 is 0 Å². The highest BCUT2D eigenvalue weighted by atomic mass is 15.2. The summed E-state index contributed by atoms with van der Waals surface area (Å²) in [6.07, 6.45) is 4.71. The molecule has 0 amide bonds. The Hall–Kier alpha value is -0.960. The van der Waals surface area contributed by atoms with Gasteiger partial charge < -0.3 is 0 Å². The third-order valence-corrected chi connectivity index (χ3v) is 2.50. The van der Waals surface area contributed by atoms with Crippen LogP contribution in [-0.2, 0) is 6.54 Å². The molecule has 1 aliphatic heterocycles. The van der Waals surface area contributed by atoms with Gasteiger partial charge in [-0.05, 0) is 13.5 Å². The molecule has 0 aromatic carbocycles. The van der Waals surface area contributed by atoms with Gasteiger partial charge in [0.15, 0.2) is 0 Å². The molecule has 0 fully saturated rings. The Morgan fingerprint density at radius 2 is 2.50 bits per heavy atom. The van der Waals surface area contributed by atoms with E-state index >= 15 is 0 Å². The Morgan fingerprint density at radius 1 is 1.67 bits per heavy atom. The van der Waals surface area contributed by atoms with E-state index in [4.69, 9.17) is 0 Å². The summed E-state index contributed by atoms with van der Waals surface area (Å²) in [5.74, 6) is 0. The van der Waals surface area contributed by atoms with E-state index in [-0.39, 0.29) is 0 Å². The number of nitrogens with zero attached hydrogens (tertiary/aromatic N) is 3. The summed E-state index contributed by atoms with van der Waals surface area (Å²) in [5.41, 5.74) is 2.50. The zero-order chi connectivity index (χ0) is 8.55. The monoisotopic (exact) mass is 163 g/mol. The molecule has 12 heavy (non-hydrogen) atoms. The van der Waals surface area contributed by atoms with Crippen molar-refractivity contribution in [3.63, 3.8) is 0 Å². The first-order valence-corrected chi connectivity index (χ1v) is 4.32. The van der Waals surface area contributed by atoms with Crippen LogP contribution in [0.3, 0.4) is 0 Å². The predicted molar refractivity (Wildman–Crippen MR) is 46.5 cm³/mol. The maximum atomic E-state index is 4.26. The molecule has 3 heteroatoms. The smallest absolute Gasteiger partial charge is 0.115 e. The van der Waals surface area contributed by atoms with Gasteiger partial charge in [0.05, 0.1) is 5.69 Å². The predicted octanol–water partition coefficient (Wildman–Crippen LogP) is 1.37. The maximum absolute atomic E-state index is 4.26. The minimum atomic E-state index is 0.529. The molecule has 64 valence electrons. The standard InChI is InChI=1S/C9H13N3/c1-3-9-7-4-10-6-11-8(7)5-12(9)2/h4,6,9H,3,5H2,1-2H3/t9-/m1/s1. The maximum Gasteiger partial charge on any atom is 0.115 e. The van der Waals surface area contributed by atoms with Crippen LogP contribution in [0.25, 0.3) is 0 Å². The lowest BCUT2D eigenvalue weighted by Crippen LogP contribution is -2.15. The highest BCUT2D eigenvalue weighted by molar-refractivity contribution is 5.24. The Labute approximate surface area is 72.4 Å². The Kier molecular flexibility index (Phi) is 1.81. The summed E-state index contributed by atoms with van der Waals surface area (Å²) < 4.78 is 0. The molecule has 0 N–H and O–H groups in total. The van der Waals surface area contributed by atoms with Crippen LogP contribution in [0.15, 0.2) is 12.5 Å². The van der Waals surface area contributed by atoms with Gasteiger partial charge in [-0.2, -0.15) is 0 Å². The lowest BCUT2D eigenvalue weighted by Gasteiger charge is -2.17. The molecule has 0 saturated carbocycles. The molecule has 0 aliphatic carbocycles.